The van der Waals surface area contributed by atoms with E-state index in [-0.39, 0.29) is 12.5 Å². The maximum atomic E-state index is 12.7. The first kappa shape index (κ1) is 15.9. The molecule has 0 aliphatic carbocycles. The number of rotatable bonds is 3. The predicted molar refractivity (Wildman–Crippen MR) is 96.2 cm³/mol. The Bertz CT molecular complexity index is 1030. The van der Waals surface area contributed by atoms with Crippen molar-refractivity contribution in [1.82, 2.24) is 9.88 Å². The second-order valence-corrected chi connectivity index (χ2v) is 8.53. The topological polar surface area (TPSA) is 70.2 Å². The van der Waals surface area contributed by atoms with Gasteiger partial charge in [0.15, 0.2) is 9.84 Å². The van der Waals surface area contributed by atoms with Gasteiger partial charge in [-0.1, -0.05) is 18.2 Å². The minimum atomic E-state index is -3.41. The molecule has 0 bridgehead atoms. The Labute approximate surface area is 146 Å². The van der Waals surface area contributed by atoms with Crippen molar-refractivity contribution >= 4 is 26.6 Å². The van der Waals surface area contributed by atoms with Crippen molar-refractivity contribution in [3.05, 3.63) is 66.4 Å². The quantitative estimate of drug-likeness (QED) is 0.786. The molecule has 1 fully saturated rings. The summed E-state index contributed by atoms with van der Waals surface area (Å²) in [6.45, 7) is 0.696. The van der Waals surface area contributed by atoms with Crippen LogP contribution in [-0.4, -0.2) is 42.5 Å². The number of hydrogen-bond donors (Lipinski definition) is 1. The number of aromatic amines is 1. The smallest absolute Gasteiger partial charge is 0.253 e. The van der Waals surface area contributed by atoms with Crippen molar-refractivity contribution < 1.29 is 13.2 Å². The SMILES string of the molecule is O=C(c1ccc2[nH]ccc2c1)N1CCC(S(=O)(=O)c2ccccc2)C1. The number of carbonyl (C=O) groups is 1. The molecule has 1 amide bonds. The Morgan fingerprint density at radius 1 is 1.08 bits per heavy atom. The molecular weight excluding hydrogens is 336 g/mol. The molecule has 25 heavy (non-hydrogen) atoms. The van der Waals surface area contributed by atoms with Gasteiger partial charge in [-0.25, -0.2) is 8.42 Å². The van der Waals surface area contributed by atoms with Gasteiger partial charge in [0.2, 0.25) is 0 Å². The van der Waals surface area contributed by atoms with E-state index >= 15 is 0 Å². The molecule has 1 N–H and O–H groups in total. The fourth-order valence-electron chi connectivity index (χ4n) is 3.34. The molecular formula is C19H18N2O3S. The average Bonchev–Trinajstić information content (AvgIpc) is 3.31. The Kier molecular flexibility index (Phi) is 3.84. The molecule has 2 heterocycles. The summed E-state index contributed by atoms with van der Waals surface area (Å²) in [5, 5.41) is 0.424. The van der Waals surface area contributed by atoms with E-state index in [2.05, 4.69) is 4.98 Å². The number of nitrogens with zero attached hydrogens (tertiary/aromatic N) is 1. The highest BCUT2D eigenvalue weighted by Gasteiger charge is 2.36. The summed E-state index contributed by atoms with van der Waals surface area (Å²) in [5.41, 5.74) is 1.56. The molecule has 3 aromatic rings. The van der Waals surface area contributed by atoms with Crippen LogP contribution < -0.4 is 0 Å². The average molecular weight is 354 g/mol. The molecule has 0 radical (unpaired) electrons. The van der Waals surface area contributed by atoms with Crippen LogP contribution in [0.25, 0.3) is 10.9 Å². The third-order valence-corrected chi connectivity index (χ3v) is 6.93. The lowest BCUT2D eigenvalue weighted by molar-refractivity contribution is 0.0793. The highest BCUT2D eigenvalue weighted by molar-refractivity contribution is 7.92. The van der Waals surface area contributed by atoms with Crippen molar-refractivity contribution in [2.45, 2.75) is 16.6 Å². The van der Waals surface area contributed by atoms with E-state index in [0.717, 1.165) is 10.9 Å². The number of benzene rings is 2. The largest absolute Gasteiger partial charge is 0.361 e. The number of fused-ring (bicyclic) bond motifs is 1. The van der Waals surface area contributed by atoms with E-state index in [1.807, 2.05) is 24.4 Å². The van der Waals surface area contributed by atoms with Crippen LogP contribution in [0.15, 0.2) is 65.7 Å². The summed E-state index contributed by atoms with van der Waals surface area (Å²) in [6, 6.07) is 15.9. The normalized spacial score (nSPS) is 17.9. The van der Waals surface area contributed by atoms with Crippen molar-refractivity contribution in [3.63, 3.8) is 0 Å². The van der Waals surface area contributed by atoms with Gasteiger partial charge in [-0.15, -0.1) is 0 Å². The van der Waals surface area contributed by atoms with Crippen molar-refractivity contribution in [1.29, 1.82) is 0 Å². The second kappa shape index (κ2) is 6.04. The van der Waals surface area contributed by atoms with Crippen LogP contribution in [0.2, 0.25) is 0 Å². The third kappa shape index (κ3) is 2.82. The highest BCUT2D eigenvalue weighted by Crippen LogP contribution is 2.25. The summed E-state index contributed by atoms with van der Waals surface area (Å²) in [7, 11) is -3.41. The Hall–Kier alpha value is -2.60. The summed E-state index contributed by atoms with van der Waals surface area (Å²) in [5.74, 6) is -0.117. The van der Waals surface area contributed by atoms with E-state index in [1.54, 1.807) is 41.3 Å². The van der Waals surface area contributed by atoms with E-state index in [9.17, 15) is 13.2 Å². The number of aromatic nitrogens is 1. The molecule has 128 valence electrons. The zero-order valence-corrected chi connectivity index (χ0v) is 14.4. The second-order valence-electron chi connectivity index (χ2n) is 6.30. The zero-order chi connectivity index (χ0) is 17.4. The molecule has 0 spiro atoms. The molecule has 0 saturated carbocycles. The fraction of sp³-hybridized carbons (Fsp3) is 0.211. The molecule has 1 saturated heterocycles. The number of nitrogens with one attached hydrogen (secondary N) is 1. The molecule has 6 heteroatoms. The van der Waals surface area contributed by atoms with Crippen molar-refractivity contribution in [2.24, 2.45) is 0 Å². The van der Waals surface area contributed by atoms with Crippen LogP contribution in [0.5, 0.6) is 0 Å². The van der Waals surface area contributed by atoms with Gasteiger partial charge in [0.1, 0.15) is 0 Å². The van der Waals surface area contributed by atoms with Gasteiger partial charge >= 0.3 is 0 Å². The Morgan fingerprint density at radius 3 is 2.68 bits per heavy atom. The van der Waals surface area contributed by atoms with Gasteiger partial charge < -0.3 is 9.88 Å². The minimum absolute atomic E-state index is 0.117. The van der Waals surface area contributed by atoms with Crippen LogP contribution in [0, 0.1) is 0 Å². The Morgan fingerprint density at radius 2 is 1.88 bits per heavy atom. The van der Waals surface area contributed by atoms with Crippen LogP contribution in [0.4, 0.5) is 0 Å². The lowest BCUT2D eigenvalue weighted by atomic mass is 10.1. The minimum Gasteiger partial charge on any atom is -0.361 e. The standard InChI is InChI=1S/C19H18N2O3S/c22-19(15-6-7-18-14(12-15)8-10-20-18)21-11-9-17(13-21)25(23,24)16-4-2-1-3-5-16/h1-8,10,12,17,20H,9,11,13H2. The van der Waals surface area contributed by atoms with Gasteiger partial charge in [0, 0.05) is 35.8 Å². The number of H-pyrrole nitrogens is 1. The molecule has 1 aliphatic rings. The maximum Gasteiger partial charge on any atom is 0.253 e. The van der Waals surface area contributed by atoms with E-state index < -0.39 is 15.1 Å². The molecule has 2 aromatic carbocycles. The number of hydrogen-bond acceptors (Lipinski definition) is 3. The first-order chi connectivity index (χ1) is 12.1. The van der Waals surface area contributed by atoms with Gasteiger partial charge in [0.05, 0.1) is 10.1 Å². The van der Waals surface area contributed by atoms with Gasteiger partial charge in [-0.05, 0) is 42.8 Å². The van der Waals surface area contributed by atoms with Crippen LogP contribution in [0.3, 0.4) is 0 Å². The van der Waals surface area contributed by atoms with Crippen molar-refractivity contribution in [3.8, 4) is 0 Å². The predicted octanol–water partition coefficient (Wildman–Crippen LogP) is 2.86. The summed E-state index contributed by atoms with van der Waals surface area (Å²) in [4.78, 5) is 17.8. The molecule has 4 rings (SSSR count). The van der Waals surface area contributed by atoms with Crippen LogP contribution >= 0.6 is 0 Å². The first-order valence-corrected chi connectivity index (χ1v) is 9.76. The van der Waals surface area contributed by atoms with Crippen LogP contribution in [-0.2, 0) is 9.84 Å². The third-order valence-electron chi connectivity index (χ3n) is 4.74. The van der Waals surface area contributed by atoms with Gasteiger partial charge in [-0.2, -0.15) is 0 Å². The lowest BCUT2D eigenvalue weighted by Gasteiger charge is -2.17. The Balaban J connectivity index is 1.54. The van der Waals surface area contributed by atoms with E-state index in [0.29, 0.717) is 23.4 Å². The van der Waals surface area contributed by atoms with Crippen molar-refractivity contribution in [2.75, 3.05) is 13.1 Å². The van der Waals surface area contributed by atoms with E-state index in [1.165, 1.54) is 0 Å². The van der Waals surface area contributed by atoms with Crippen LogP contribution in [0.1, 0.15) is 16.8 Å². The molecule has 1 atom stereocenters. The van der Waals surface area contributed by atoms with E-state index in [4.69, 9.17) is 0 Å². The van der Waals surface area contributed by atoms with Gasteiger partial charge in [0.25, 0.3) is 5.91 Å². The molecule has 1 unspecified atom stereocenters. The summed E-state index contributed by atoms with van der Waals surface area (Å²) >= 11 is 0. The summed E-state index contributed by atoms with van der Waals surface area (Å²) < 4.78 is 25.5. The molecule has 5 nitrogen and oxygen atoms in total. The number of carbonyl (C=O) groups excluding carboxylic acids is 1. The number of sulfone groups is 1. The molecule has 1 aromatic heterocycles. The monoisotopic (exact) mass is 354 g/mol. The van der Waals surface area contributed by atoms with Gasteiger partial charge in [-0.3, -0.25) is 4.79 Å². The number of amides is 1. The number of likely N-dealkylation sites (tertiary alicyclic amines) is 1. The zero-order valence-electron chi connectivity index (χ0n) is 13.6. The molecule has 1 aliphatic heterocycles. The maximum absolute atomic E-state index is 12.7. The highest BCUT2D eigenvalue weighted by atomic mass is 32.2. The first-order valence-electron chi connectivity index (χ1n) is 8.21. The lowest BCUT2D eigenvalue weighted by Crippen LogP contribution is -2.31. The fourth-order valence-corrected chi connectivity index (χ4v) is 5.05. The summed E-state index contributed by atoms with van der Waals surface area (Å²) in [6.07, 6.45) is 2.30.